The Morgan fingerprint density at radius 1 is 0.429 bits per heavy atom. The topological polar surface area (TPSA) is 30.1 Å². The number of hydrogen-bond acceptors (Lipinski definition) is 2. The van der Waals surface area contributed by atoms with Gasteiger partial charge in [0.25, 0.3) is 0 Å². The lowest BCUT2D eigenvalue weighted by Crippen LogP contribution is -1.93. The van der Waals surface area contributed by atoms with Crippen molar-refractivity contribution in [3.8, 4) is 27.9 Å². The van der Waals surface area contributed by atoms with Crippen molar-refractivity contribution >= 4 is 65.9 Å². The fourth-order valence-corrected chi connectivity index (χ4v) is 7.49. The lowest BCUT2D eigenvalue weighted by atomic mass is 9.96. The van der Waals surface area contributed by atoms with E-state index in [1.54, 1.807) is 0 Å². The van der Waals surface area contributed by atoms with Gasteiger partial charge < -0.3 is 14.3 Å². The molecule has 2 heterocycles. The van der Waals surface area contributed by atoms with Crippen LogP contribution in [0.4, 0.5) is 11.4 Å². The standard InChI is InChI=1S/C46H30N2O/c1-3-12-31(13-4-1)39-29-33-14-7-8-17-36(33)44-38-19-11-20-41(45(38)49-46(39)44)47-34-25-22-30(23-26-34)32-24-27-43-40(28-32)37-18-9-10-21-42(37)48(43)35-15-5-2-6-16-35/h1-29,47H. The summed E-state index contributed by atoms with van der Waals surface area (Å²) >= 11 is 0. The third-order valence-electron chi connectivity index (χ3n) is 9.76. The van der Waals surface area contributed by atoms with Crippen molar-refractivity contribution in [2.45, 2.75) is 0 Å². The minimum Gasteiger partial charge on any atom is -0.453 e. The number of aromatic nitrogens is 1. The minimum absolute atomic E-state index is 0.857. The highest BCUT2D eigenvalue weighted by molar-refractivity contribution is 6.24. The van der Waals surface area contributed by atoms with Crippen molar-refractivity contribution in [1.29, 1.82) is 0 Å². The van der Waals surface area contributed by atoms with E-state index in [1.165, 1.54) is 49.4 Å². The zero-order valence-electron chi connectivity index (χ0n) is 26.6. The van der Waals surface area contributed by atoms with E-state index in [4.69, 9.17) is 4.42 Å². The van der Waals surface area contributed by atoms with Gasteiger partial charge >= 0.3 is 0 Å². The Bertz CT molecular complexity index is 2830. The number of para-hydroxylation sites is 3. The van der Waals surface area contributed by atoms with Crippen molar-refractivity contribution in [3.05, 3.63) is 176 Å². The van der Waals surface area contributed by atoms with E-state index in [-0.39, 0.29) is 0 Å². The van der Waals surface area contributed by atoms with Crippen LogP contribution in [-0.2, 0) is 0 Å². The molecule has 0 unspecified atom stereocenters. The number of rotatable bonds is 5. The van der Waals surface area contributed by atoms with Crippen LogP contribution in [0.5, 0.6) is 0 Å². The van der Waals surface area contributed by atoms with Crippen molar-refractivity contribution in [1.82, 2.24) is 4.57 Å². The highest BCUT2D eigenvalue weighted by Gasteiger charge is 2.18. The van der Waals surface area contributed by atoms with Crippen molar-refractivity contribution in [2.24, 2.45) is 0 Å². The Morgan fingerprint density at radius 3 is 1.94 bits per heavy atom. The number of nitrogens with zero attached hydrogens (tertiary/aromatic N) is 1. The predicted molar refractivity (Wildman–Crippen MR) is 206 cm³/mol. The van der Waals surface area contributed by atoms with Gasteiger partial charge in [0.2, 0.25) is 0 Å². The maximum Gasteiger partial charge on any atom is 0.158 e. The zero-order chi connectivity index (χ0) is 32.3. The second kappa shape index (κ2) is 11.0. The van der Waals surface area contributed by atoms with Crippen molar-refractivity contribution in [2.75, 3.05) is 5.32 Å². The summed E-state index contributed by atoms with van der Waals surface area (Å²) in [7, 11) is 0. The quantitative estimate of drug-likeness (QED) is 0.206. The van der Waals surface area contributed by atoms with E-state index in [0.29, 0.717) is 0 Å². The number of furan rings is 1. The molecule has 0 amide bonds. The largest absolute Gasteiger partial charge is 0.453 e. The summed E-state index contributed by atoms with van der Waals surface area (Å²) in [6, 6.07) is 62.5. The van der Waals surface area contributed by atoms with E-state index in [9.17, 15) is 0 Å². The van der Waals surface area contributed by atoms with Gasteiger partial charge in [0.1, 0.15) is 5.58 Å². The van der Waals surface area contributed by atoms with Crippen LogP contribution in [0.3, 0.4) is 0 Å². The molecule has 3 nitrogen and oxygen atoms in total. The molecule has 2 aromatic heterocycles. The molecule has 49 heavy (non-hydrogen) atoms. The molecule has 230 valence electrons. The number of fused-ring (bicyclic) bond motifs is 8. The molecule has 0 aliphatic carbocycles. The van der Waals surface area contributed by atoms with Crippen LogP contribution in [0.1, 0.15) is 0 Å². The van der Waals surface area contributed by atoms with Gasteiger partial charge in [-0.25, -0.2) is 0 Å². The van der Waals surface area contributed by atoms with E-state index in [2.05, 4.69) is 186 Å². The summed E-state index contributed by atoms with van der Waals surface area (Å²) in [6.07, 6.45) is 0. The molecule has 0 spiro atoms. The van der Waals surface area contributed by atoms with Gasteiger partial charge in [0.05, 0.1) is 16.7 Å². The smallest absolute Gasteiger partial charge is 0.158 e. The molecule has 3 heteroatoms. The SMILES string of the molecule is c1ccc(-c2cc3ccccc3c3c2oc2c(Nc4ccc(-c5ccc6c(c5)c5ccccc5n6-c5ccccc5)cc4)cccc23)cc1. The molecule has 10 rings (SSSR count). The summed E-state index contributed by atoms with van der Waals surface area (Å²) in [5.41, 5.74) is 11.9. The van der Waals surface area contributed by atoms with E-state index >= 15 is 0 Å². The Kier molecular flexibility index (Phi) is 6.18. The molecular weight excluding hydrogens is 597 g/mol. The van der Waals surface area contributed by atoms with E-state index in [1.807, 2.05) is 0 Å². The van der Waals surface area contributed by atoms with Crippen LogP contribution in [-0.4, -0.2) is 4.57 Å². The van der Waals surface area contributed by atoms with Crippen LogP contribution in [0.25, 0.3) is 82.5 Å². The maximum atomic E-state index is 6.79. The Labute approximate surface area is 283 Å². The van der Waals surface area contributed by atoms with Crippen LogP contribution in [0.2, 0.25) is 0 Å². The molecular formula is C46H30N2O. The predicted octanol–water partition coefficient (Wildman–Crippen LogP) is 12.9. The average molecular weight is 627 g/mol. The first-order valence-corrected chi connectivity index (χ1v) is 16.7. The highest BCUT2D eigenvalue weighted by atomic mass is 16.3. The van der Waals surface area contributed by atoms with Gasteiger partial charge in [-0.2, -0.15) is 0 Å². The van der Waals surface area contributed by atoms with Crippen LogP contribution < -0.4 is 5.32 Å². The lowest BCUT2D eigenvalue weighted by molar-refractivity contribution is 0.671. The first kappa shape index (κ1) is 27.5. The second-order valence-corrected chi connectivity index (χ2v) is 12.6. The van der Waals surface area contributed by atoms with Crippen LogP contribution in [0, 0.1) is 0 Å². The number of hydrogen-bond donors (Lipinski definition) is 1. The lowest BCUT2D eigenvalue weighted by Gasteiger charge is -2.10. The highest BCUT2D eigenvalue weighted by Crippen LogP contribution is 2.43. The van der Waals surface area contributed by atoms with Gasteiger partial charge in [0, 0.05) is 38.5 Å². The van der Waals surface area contributed by atoms with Crippen molar-refractivity contribution in [3.63, 3.8) is 0 Å². The van der Waals surface area contributed by atoms with Crippen LogP contribution >= 0.6 is 0 Å². The molecule has 0 atom stereocenters. The maximum absolute atomic E-state index is 6.79. The van der Waals surface area contributed by atoms with Gasteiger partial charge in [-0.3, -0.25) is 0 Å². The van der Waals surface area contributed by atoms with Gasteiger partial charge in [-0.15, -0.1) is 0 Å². The molecule has 0 radical (unpaired) electrons. The van der Waals surface area contributed by atoms with Gasteiger partial charge in [0.15, 0.2) is 5.58 Å². The monoisotopic (exact) mass is 626 g/mol. The molecule has 0 saturated carbocycles. The molecule has 10 aromatic rings. The molecule has 1 N–H and O–H groups in total. The Balaban J connectivity index is 1.04. The molecule has 0 aliphatic heterocycles. The molecule has 8 aromatic carbocycles. The van der Waals surface area contributed by atoms with Gasteiger partial charge in [-0.1, -0.05) is 121 Å². The average Bonchev–Trinajstić information content (AvgIpc) is 3.73. The fourth-order valence-electron chi connectivity index (χ4n) is 7.49. The summed E-state index contributed by atoms with van der Waals surface area (Å²) in [6.45, 7) is 0. The number of nitrogens with one attached hydrogen (secondary N) is 1. The third-order valence-corrected chi connectivity index (χ3v) is 9.76. The summed E-state index contributed by atoms with van der Waals surface area (Å²) in [5, 5.41) is 10.8. The molecule has 0 bridgehead atoms. The van der Waals surface area contributed by atoms with E-state index < -0.39 is 0 Å². The second-order valence-electron chi connectivity index (χ2n) is 12.6. The zero-order valence-corrected chi connectivity index (χ0v) is 26.6. The van der Waals surface area contributed by atoms with E-state index in [0.717, 1.165) is 44.4 Å². The number of benzene rings is 8. The first-order valence-electron chi connectivity index (χ1n) is 16.7. The molecule has 0 aliphatic rings. The molecule has 0 saturated heterocycles. The van der Waals surface area contributed by atoms with Crippen LogP contribution in [0.15, 0.2) is 180 Å². The normalized spacial score (nSPS) is 11.7. The Morgan fingerprint density at radius 2 is 1.10 bits per heavy atom. The third kappa shape index (κ3) is 4.44. The fraction of sp³-hybridized carbons (Fsp3) is 0. The summed E-state index contributed by atoms with van der Waals surface area (Å²) in [4.78, 5) is 0. The summed E-state index contributed by atoms with van der Waals surface area (Å²) < 4.78 is 9.14. The minimum atomic E-state index is 0.857. The van der Waals surface area contributed by atoms with Crippen molar-refractivity contribution < 1.29 is 4.42 Å². The Hall–Kier alpha value is -6.58. The first-order chi connectivity index (χ1) is 24.3. The van der Waals surface area contributed by atoms with Gasteiger partial charge in [-0.05, 0) is 82.1 Å². The number of anilines is 2. The summed E-state index contributed by atoms with van der Waals surface area (Å²) in [5.74, 6) is 0. The molecule has 0 fully saturated rings.